The van der Waals surface area contributed by atoms with Gasteiger partial charge in [0, 0.05) is 29.1 Å². The third kappa shape index (κ3) is 5.58. The third-order valence-corrected chi connectivity index (χ3v) is 6.68. The molecular weight excluding hydrogens is 641 g/mol. The Kier molecular flexibility index (Phi) is 8.04. The van der Waals surface area contributed by atoms with Crippen molar-refractivity contribution in [1.82, 2.24) is 24.8 Å². The molecule has 39 heavy (non-hydrogen) atoms. The molecule has 0 bridgehead atoms. The van der Waals surface area contributed by atoms with E-state index in [-0.39, 0.29) is 27.4 Å². The van der Waals surface area contributed by atoms with Crippen molar-refractivity contribution in [3.8, 4) is 0 Å². The van der Waals surface area contributed by atoms with Crippen molar-refractivity contribution in [3.63, 3.8) is 0 Å². The van der Waals surface area contributed by atoms with Crippen LogP contribution in [0.4, 0.5) is 0 Å². The molecule has 200 valence electrons. The van der Waals surface area contributed by atoms with E-state index in [1.807, 2.05) is 22.6 Å². The first kappa shape index (κ1) is 27.0. The molecule has 2 aromatic heterocycles. The van der Waals surface area contributed by atoms with E-state index in [4.69, 9.17) is 25.8 Å². The predicted molar refractivity (Wildman–Crippen MR) is 147 cm³/mol. The zero-order chi connectivity index (χ0) is 27.5. The highest BCUT2D eigenvalue weighted by Crippen LogP contribution is 2.37. The molecule has 1 fully saturated rings. The number of nitrogens with zero attached hydrogens (tertiary/aromatic N) is 4. The number of fused-ring (bicyclic) bond motifs is 1. The summed E-state index contributed by atoms with van der Waals surface area (Å²) in [5, 5.41) is 2.81. The van der Waals surface area contributed by atoms with Crippen molar-refractivity contribution < 1.29 is 28.6 Å². The Morgan fingerprint density at radius 3 is 2.15 bits per heavy atom. The molecule has 1 aliphatic heterocycles. The summed E-state index contributed by atoms with van der Waals surface area (Å²) < 4.78 is 19.7. The minimum atomic E-state index is -1.31. The first-order valence-electron chi connectivity index (χ1n) is 11.9. The summed E-state index contributed by atoms with van der Waals surface area (Å²) in [7, 11) is 0. The van der Waals surface area contributed by atoms with Gasteiger partial charge in [0.2, 0.25) is 0 Å². The number of carbonyl (C=O) groups excluding carboxylic acids is 3. The van der Waals surface area contributed by atoms with Gasteiger partial charge in [-0.3, -0.25) is 9.36 Å². The Morgan fingerprint density at radius 1 is 0.974 bits per heavy atom. The SMILES string of the molecule is CCNC(=O)C1O[C@@H](n2cnc3c(Cl)nc(I)nc32)[C@H](OC(=O)c2ccccc2)C1OC(=O)c1ccccc1. The molecule has 5 rings (SSSR count). The molecule has 1 saturated heterocycles. The molecule has 1 N–H and O–H groups in total. The highest BCUT2D eigenvalue weighted by Gasteiger charge is 2.54. The molecule has 4 atom stereocenters. The van der Waals surface area contributed by atoms with Crippen LogP contribution in [0.15, 0.2) is 67.0 Å². The van der Waals surface area contributed by atoms with Crippen LogP contribution in [0, 0.1) is 3.83 Å². The number of esters is 2. The number of amides is 1. The van der Waals surface area contributed by atoms with Crippen LogP contribution < -0.4 is 5.32 Å². The molecule has 1 amide bonds. The van der Waals surface area contributed by atoms with Crippen molar-refractivity contribution in [2.75, 3.05) is 6.54 Å². The topological polar surface area (TPSA) is 135 Å². The zero-order valence-electron chi connectivity index (χ0n) is 20.4. The van der Waals surface area contributed by atoms with Gasteiger partial charge >= 0.3 is 11.9 Å². The smallest absolute Gasteiger partial charge is 0.338 e. The van der Waals surface area contributed by atoms with Crippen molar-refractivity contribution in [2.24, 2.45) is 0 Å². The van der Waals surface area contributed by atoms with E-state index in [1.54, 1.807) is 67.6 Å². The maximum atomic E-state index is 13.2. The molecule has 0 saturated carbocycles. The van der Waals surface area contributed by atoms with Crippen LogP contribution >= 0.6 is 34.2 Å². The van der Waals surface area contributed by atoms with Gasteiger partial charge in [-0.1, -0.05) is 48.0 Å². The van der Waals surface area contributed by atoms with Crippen molar-refractivity contribution >= 4 is 63.2 Å². The predicted octanol–water partition coefficient (Wildman–Crippen LogP) is 3.57. The lowest BCUT2D eigenvalue weighted by atomic mass is 10.1. The molecule has 1 aliphatic rings. The number of carbonyl (C=O) groups is 3. The standard InChI is InChI=1S/C26H21ClIN5O6/c1-2-29-22(34)18-17(38-24(35)14-9-5-3-6-10-14)19(39-25(36)15-11-7-4-8-12-15)23(37-18)33-13-30-16-20(27)31-26(28)32-21(16)33/h3-13,17-19,23H,2H2,1H3,(H,29,34)/t17?,18?,19-,23-/m1/s1. The van der Waals surface area contributed by atoms with Gasteiger partial charge in [-0.2, -0.15) is 0 Å². The van der Waals surface area contributed by atoms with E-state index in [0.29, 0.717) is 10.4 Å². The second-order valence-corrected chi connectivity index (χ2v) is 9.74. The fourth-order valence-corrected chi connectivity index (χ4v) is 5.00. The van der Waals surface area contributed by atoms with Gasteiger partial charge in [0.25, 0.3) is 5.91 Å². The summed E-state index contributed by atoms with van der Waals surface area (Å²) in [6.07, 6.45) is -3.64. The summed E-state index contributed by atoms with van der Waals surface area (Å²) >= 11 is 8.19. The number of nitrogens with one attached hydrogen (secondary N) is 1. The largest absolute Gasteiger partial charge is 0.451 e. The number of hydrogen-bond acceptors (Lipinski definition) is 9. The molecule has 0 aliphatic carbocycles. The minimum absolute atomic E-state index is 0.117. The van der Waals surface area contributed by atoms with Crippen LogP contribution in [-0.2, 0) is 19.0 Å². The maximum Gasteiger partial charge on any atom is 0.338 e. The van der Waals surface area contributed by atoms with Crippen LogP contribution in [0.5, 0.6) is 0 Å². The Labute approximate surface area is 241 Å². The second-order valence-electron chi connectivity index (χ2n) is 8.42. The van der Waals surface area contributed by atoms with Gasteiger partial charge in [-0.15, -0.1) is 0 Å². The molecule has 2 unspecified atom stereocenters. The quantitative estimate of drug-likeness (QED) is 0.137. The highest BCUT2D eigenvalue weighted by atomic mass is 127. The Hall–Kier alpha value is -3.62. The van der Waals surface area contributed by atoms with Gasteiger partial charge in [0.05, 0.1) is 17.5 Å². The number of aromatic nitrogens is 4. The van der Waals surface area contributed by atoms with Crippen LogP contribution in [0.2, 0.25) is 5.15 Å². The number of ether oxygens (including phenoxy) is 3. The maximum absolute atomic E-state index is 13.2. The highest BCUT2D eigenvalue weighted by molar-refractivity contribution is 14.1. The molecular formula is C26H21ClIN5O6. The Bertz CT molecular complexity index is 1520. The molecule has 3 heterocycles. The lowest BCUT2D eigenvalue weighted by Crippen LogP contribution is -2.46. The summed E-state index contributed by atoms with van der Waals surface area (Å²) in [6.45, 7) is 2.04. The number of hydrogen-bond donors (Lipinski definition) is 1. The lowest BCUT2D eigenvalue weighted by molar-refractivity contribution is -0.137. The fraction of sp³-hybridized carbons (Fsp3) is 0.231. The van der Waals surface area contributed by atoms with Crippen LogP contribution in [0.1, 0.15) is 33.9 Å². The summed E-state index contributed by atoms with van der Waals surface area (Å²) in [6, 6.07) is 16.6. The molecule has 2 aromatic carbocycles. The van der Waals surface area contributed by atoms with Crippen LogP contribution in [0.25, 0.3) is 11.2 Å². The molecule has 0 radical (unpaired) electrons. The van der Waals surface area contributed by atoms with E-state index in [2.05, 4.69) is 20.3 Å². The minimum Gasteiger partial charge on any atom is -0.451 e. The molecule has 13 heteroatoms. The average molecular weight is 662 g/mol. The van der Waals surface area contributed by atoms with E-state index >= 15 is 0 Å². The average Bonchev–Trinajstić information content (AvgIpc) is 3.51. The van der Waals surface area contributed by atoms with E-state index < -0.39 is 42.4 Å². The normalized spacial score (nSPS) is 20.5. The fourth-order valence-electron chi connectivity index (χ4n) is 4.18. The van der Waals surface area contributed by atoms with Gasteiger partial charge in [-0.05, 0) is 31.2 Å². The lowest BCUT2D eigenvalue weighted by Gasteiger charge is -2.24. The molecule has 0 spiro atoms. The Balaban J connectivity index is 1.59. The summed E-state index contributed by atoms with van der Waals surface area (Å²) in [4.78, 5) is 52.2. The number of benzene rings is 2. The number of imidazole rings is 1. The first-order valence-corrected chi connectivity index (χ1v) is 13.3. The number of rotatable bonds is 7. The van der Waals surface area contributed by atoms with E-state index in [1.165, 1.54) is 10.9 Å². The third-order valence-electron chi connectivity index (χ3n) is 5.93. The van der Waals surface area contributed by atoms with Crippen molar-refractivity contribution in [3.05, 3.63) is 87.1 Å². The van der Waals surface area contributed by atoms with Gasteiger partial charge in [0.15, 0.2) is 39.2 Å². The van der Waals surface area contributed by atoms with Gasteiger partial charge in [-0.25, -0.2) is 24.5 Å². The van der Waals surface area contributed by atoms with Crippen LogP contribution in [-0.4, -0.2) is 62.2 Å². The van der Waals surface area contributed by atoms with Crippen LogP contribution in [0.3, 0.4) is 0 Å². The zero-order valence-corrected chi connectivity index (χ0v) is 23.3. The second kappa shape index (κ2) is 11.6. The molecule has 11 nitrogen and oxygen atoms in total. The molecule has 4 aromatic rings. The Morgan fingerprint density at radius 2 is 1.56 bits per heavy atom. The van der Waals surface area contributed by atoms with Crippen molar-refractivity contribution in [2.45, 2.75) is 31.5 Å². The van der Waals surface area contributed by atoms with Gasteiger partial charge in [0.1, 0.15) is 5.52 Å². The first-order chi connectivity index (χ1) is 18.9. The number of likely N-dealkylation sites (N-methyl/N-ethyl adjacent to an activating group) is 1. The van der Waals surface area contributed by atoms with Gasteiger partial charge < -0.3 is 19.5 Å². The summed E-state index contributed by atoms with van der Waals surface area (Å²) in [5.74, 6) is -1.95. The monoisotopic (exact) mass is 661 g/mol. The van der Waals surface area contributed by atoms with E-state index in [0.717, 1.165) is 0 Å². The van der Waals surface area contributed by atoms with E-state index in [9.17, 15) is 14.4 Å². The van der Waals surface area contributed by atoms with Crippen molar-refractivity contribution in [1.29, 1.82) is 0 Å². The number of halogens is 2. The summed E-state index contributed by atoms with van der Waals surface area (Å²) in [5.41, 5.74) is 1.09.